The number of carbonyl (C=O) groups is 2. The molecule has 0 unspecified atom stereocenters. The van der Waals surface area contributed by atoms with Crippen molar-refractivity contribution in [3.8, 4) is 0 Å². The minimum atomic E-state index is -0.708. The Bertz CT molecular complexity index is 1600. The van der Waals surface area contributed by atoms with Crippen molar-refractivity contribution in [1.82, 2.24) is 0 Å². The molecular weight excluding hydrogens is 709 g/mol. The van der Waals surface area contributed by atoms with Crippen LogP contribution >= 0.6 is 0 Å². The summed E-state index contributed by atoms with van der Waals surface area (Å²) in [6, 6.07) is 7.31. The van der Waals surface area contributed by atoms with Gasteiger partial charge in [0.05, 0.1) is 25.2 Å². The van der Waals surface area contributed by atoms with E-state index in [-0.39, 0.29) is 72.5 Å². The van der Waals surface area contributed by atoms with Gasteiger partial charge in [-0.3, -0.25) is 9.59 Å². The first-order valence-electron chi connectivity index (χ1n) is 22.9. The standard InChI is InChI=1S/C49H76N4O4/c1-28(2)36-22-38(30(5)6)46(39(23-36)31(7)8)50-48(54)44-26-34-16-13-18-42(34)52(44,56)20-15-21-53(57)43-19-14-17-35(43)27-45(53)49(55)51-47-40(32(9)10)24-37(29(3)4)25-41(47)33(11)12/h22-25,28-35,42-45H,13-21,26-27H2,1-12H3,(H,50,54)(H,51,55)/t34-,35-,42-,43-,44-,45-,52-,53-/m0/s1. The van der Waals surface area contributed by atoms with Gasteiger partial charge in [0.1, 0.15) is 0 Å². The number of likely N-dealkylation sites (tertiary alicyclic amines) is 2. The van der Waals surface area contributed by atoms with Crippen molar-refractivity contribution in [3.63, 3.8) is 0 Å². The van der Waals surface area contributed by atoms with Gasteiger partial charge in [0.15, 0.2) is 12.1 Å². The molecule has 8 nitrogen and oxygen atoms in total. The third kappa shape index (κ3) is 8.36. The van der Waals surface area contributed by atoms with E-state index in [1.165, 1.54) is 11.1 Å². The second kappa shape index (κ2) is 17.1. The highest BCUT2D eigenvalue weighted by Gasteiger charge is 2.57. The number of quaternary nitrogens is 2. The summed E-state index contributed by atoms with van der Waals surface area (Å²) in [5.41, 5.74) is 8.78. The summed E-state index contributed by atoms with van der Waals surface area (Å²) in [4.78, 5) is 29.1. The summed E-state index contributed by atoms with van der Waals surface area (Å²) < 4.78 is -1.09. The Hall–Kier alpha value is -2.78. The largest absolute Gasteiger partial charge is 0.632 e. The molecule has 316 valence electrons. The molecule has 2 aromatic rings. The van der Waals surface area contributed by atoms with Crippen LogP contribution in [0, 0.1) is 22.3 Å². The van der Waals surface area contributed by atoms with Crippen LogP contribution in [0.25, 0.3) is 0 Å². The third-order valence-electron chi connectivity index (χ3n) is 14.8. The van der Waals surface area contributed by atoms with Crippen LogP contribution in [-0.4, -0.2) is 58.4 Å². The van der Waals surface area contributed by atoms with Crippen LogP contribution in [0.1, 0.15) is 210 Å². The number of hydrogen-bond donors (Lipinski definition) is 2. The van der Waals surface area contributed by atoms with Crippen LogP contribution in [0.15, 0.2) is 24.3 Å². The lowest BCUT2D eigenvalue weighted by Gasteiger charge is -2.51. The maximum absolute atomic E-state index is 15.4. The number of nitrogens with zero attached hydrogens (tertiary/aromatic N) is 2. The van der Waals surface area contributed by atoms with Crippen molar-refractivity contribution in [1.29, 1.82) is 0 Å². The highest BCUT2D eigenvalue weighted by Crippen LogP contribution is 2.50. The van der Waals surface area contributed by atoms with Crippen LogP contribution < -0.4 is 10.6 Å². The van der Waals surface area contributed by atoms with E-state index in [0.29, 0.717) is 31.1 Å². The third-order valence-corrected chi connectivity index (χ3v) is 14.8. The van der Waals surface area contributed by atoms with Gasteiger partial charge in [-0.05, 0) is 94.6 Å². The number of amides is 2. The number of hydroxylamine groups is 6. The lowest BCUT2D eigenvalue weighted by Crippen LogP contribution is -2.60. The van der Waals surface area contributed by atoms with E-state index in [0.717, 1.165) is 72.2 Å². The number of nitrogens with one attached hydrogen (secondary N) is 2. The van der Waals surface area contributed by atoms with Crippen LogP contribution in [-0.2, 0) is 9.59 Å². The average Bonchev–Trinajstić information content (AvgIpc) is 3.91. The lowest BCUT2D eigenvalue weighted by molar-refractivity contribution is -0.926. The summed E-state index contributed by atoms with van der Waals surface area (Å²) in [6.07, 6.45) is 7.24. The van der Waals surface area contributed by atoms with Gasteiger partial charge >= 0.3 is 0 Å². The fraction of sp³-hybridized carbons (Fsp3) is 0.714. The van der Waals surface area contributed by atoms with Crippen molar-refractivity contribution >= 4 is 23.2 Å². The minimum Gasteiger partial charge on any atom is -0.632 e. The molecule has 8 atom stereocenters. The molecule has 4 fully saturated rings. The molecule has 0 bridgehead atoms. The molecule has 2 aromatic carbocycles. The van der Waals surface area contributed by atoms with E-state index >= 15 is 10.4 Å². The predicted molar refractivity (Wildman–Crippen MR) is 235 cm³/mol. The normalized spacial score (nSPS) is 29.8. The first kappa shape index (κ1) is 43.8. The average molecular weight is 785 g/mol. The molecule has 2 heterocycles. The molecule has 0 radical (unpaired) electrons. The number of fused-ring (bicyclic) bond motifs is 2. The van der Waals surface area contributed by atoms with Crippen LogP contribution in [0.5, 0.6) is 0 Å². The van der Waals surface area contributed by atoms with Gasteiger partial charge in [0.25, 0.3) is 11.8 Å². The van der Waals surface area contributed by atoms with E-state index < -0.39 is 21.4 Å². The molecule has 2 N–H and O–H groups in total. The molecule has 4 aliphatic rings. The van der Waals surface area contributed by atoms with Crippen molar-refractivity contribution in [2.45, 2.75) is 201 Å². The number of benzene rings is 2. The molecule has 2 amide bonds. The minimum absolute atomic E-state index is 0.118. The maximum atomic E-state index is 15.4. The van der Waals surface area contributed by atoms with Gasteiger partial charge in [-0.15, -0.1) is 0 Å². The van der Waals surface area contributed by atoms with Crippen LogP contribution in [0.2, 0.25) is 0 Å². The molecule has 2 saturated carbocycles. The summed E-state index contributed by atoms with van der Waals surface area (Å²) in [7, 11) is 0. The molecule has 6 rings (SSSR count). The number of carbonyl (C=O) groups excluding carboxylic acids is 2. The molecule has 57 heavy (non-hydrogen) atoms. The van der Waals surface area contributed by atoms with Gasteiger partial charge in [0.2, 0.25) is 0 Å². The SMILES string of the molecule is CC(C)c1cc(C(C)C)c(NC(=O)[C@@H]2C[C@@H]3CCC[C@@H]3[N@@+]2([O-])CCC[N@@+]2([O-])[C@H](C(=O)Nc3c(C(C)C)cc(C(C)C)cc3C(C)C)C[C@@H]3CCC[C@@H]32)c(C(C)C)c1. The lowest BCUT2D eigenvalue weighted by atomic mass is 9.87. The Labute approximate surface area is 345 Å². The summed E-state index contributed by atoms with van der Waals surface area (Å²) >= 11 is 0. The highest BCUT2D eigenvalue weighted by molar-refractivity contribution is 5.97. The Morgan fingerprint density at radius 2 is 0.860 bits per heavy atom. The van der Waals surface area contributed by atoms with E-state index in [1.807, 2.05) is 0 Å². The van der Waals surface area contributed by atoms with Crippen LogP contribution in [0.3, 0.4) is 0 Å². The summed E-state index contributed by atoms with van der Waals surface area (Å²) in [5, 5.41) is 37.5. The van der Waals surface area contributed by atoms with Gasteiger partial charge in [-0.1, -0.05) is 107 Å². The van der Waals surface area contributed by atoms with Gasteiger partial charge < -0.3 is 30.3 Å². The Kier molecular flexibility index (Phi) is 13.1. The van der Waals surface area contributed by atoms with E-state index in [9.17, 15) is 9.59 Å². The first-order valence-corrected chi connectivity index (χ1v) is 22.9. The van der Waals surface area contributed by atoms with Gasteiger partial charge in [0, 0.05) is 55.3 Å². The van der Waals surface area contributed by atoms with Crippen LogP contribution in [0.4, 0.5) is 11.4 Å². The van der Waals surface area contributed by atoms with Crippen molar-refractivity contribution in [2.75, 3.05) is 23.7 Å². The molecule has 0 aromatic heterocycles. The molecule has 2 aliphatic carbocycles. The van der Waals surface area contributed by atoms with Crippen molar-refractivity contribution < 1.29 is 18.9 Å². The smallest absolute Gasteiger partial charge is 0.283 e. The quantitative estimate of drug-likeness (QED) is 0.147. The van der Waals surface area contributed by atoms with Crippen molar-refractivity contribution in [2.24, 2.45) is 11.8 Å². The second-order valence-electron chi connectivity index (χ2n) is 20.6. The molecular formula is C49H76N4O4. The maximum Gasteiger partial charge on any atom is 0.283 e. The number of hydrogen-bond acceptors (Lipinski definition) is 4. The van der Waals surface area contributed by atoms with Gasteiger partial charge in [-0.2, -0.15) is 0 Å². The summed E-state index contributed by atoms with van der Waals surface area (Å²) in [6.45, 7) is 26.7. The Balaban J connectivity index is 1.25. The zero-order chi connectivity index (χ0) is 41.7. The topological polar surface area (TPSA) is 104 Å². The Morgan fingerprint density at radius 3 is 1.14 bits per heavy atom. The number of anilines is 2. The van der Waals surface area contributed by atoms with E-state index in [1.54, 1.807) is 0 Å². The monoisotopic (exact) mass is 785 g/mol. The first-order chi connectivity index (χ1) is 26.8. The highest BCUT2D eigenvalue weighted by atomic mass is 16.6. The fourth-order valence-electron chi connectivity index (χ4n) is 11.6. The fourth-order valence-corrected chi connectivity index (χ4v) is 11.6. The van der Waals surface area contributed by atoms with E-state index in [2.05, 4.69) is 118 Å². The van der Waals surface area contributed by atoms with E-state index in [4.69, 9.17) is 0 Å². The number of rotatable bonds is 14. The zero-order valence-corrected chi connectivity index (χ0v) is 37.5. The van der Waals surface area contributed by atoms with Crippen molar-refractivity contribution in [3.05, 3.63) is 68.1 Å². The molecule has 2 aliphatic heterocycles. The van der Waals surface area contributed by atoms with Gasteiger partial charge in [-0.25, -0.2) is 0 Å². The summed E-state index contributed by atoms with van der Waals surface area (Å²) in [5.74, 6) is 1.67. The molecule has 8 heteroatoms. The second-order valence-corrected chi connectivity index (χ2v) is 20.6. The predicted octanol–water partition coefficient (Wildman–Crippen LogP) is 11.9. The molecule has 2 saturated heterocycles. The Morgan fingerprint density at radius 1 is 0.544 bits per heavy atom. The molecule has 0 spiro atoms. The zero-order valence-electron chi connectivity index (χ0n) is 37.5.